The van der Waals surface area contributed by atoms with Crippen LogP contribution in [0.15, 0.2) is 91.1 Å². The molecule has 0 bridgehead atoms. The van der Waals surface area contributed by atoms with Gasteiger partial charge in [0.2, 0.25) is 11.1 Å². The standard InChI is InChI=1S/C23H22N4OS/c1-3-15-27(16-4-2)20(28)17-29-23-24-21(18-11-7-5-8-12-18)22(25-26-23)19-13-9-6-10-14-19/h3-14H,1-2,15-17H2. The predicted octanol–water partition coefficient (Wildman–Crippen LogP) is 4.50. The van der Waals surface area contributed by atoms with Gasteiger partial charge < -0.3 is 4.90 Å². The number of thioether (sulfide) groups is 1. The fraction of sp³-hybridized carbons (Fsp3) is 0.130. The van der Waals surface area contributed by atoms with Gasteiger partial charge in [0.15, 0.2) is 0 Å². The highest BCUT2D eigenvalue weighted by atomic mass is 32.2. The van der Waals surface area contributed by atoms with Gasteiger partial charge in [0.05, 0.1) is 5.75 Å². The maximum Gasteiger partial charge on any atom is 0.233 e. The van der Waals surface area contributed by atoms with E-state index in [-0.39, 0.29) is 11.7 Å². The van der Waals surface area contributed by atoms with Crippen molar-refractivity contribution in [3.8, 4) is 22.5 Å². The summed E-state index contributed by atoms with van der Waals surface area (Å²) in [6, 6.07) is 19.7. The molecule has 3 aromatic rings. The molecule has 0 spiro atoms. The van der Waals surface area contributed by atoms with Gasteiger partial charge in [-0.25, -0.2) is 4.98 Å². The number of carbonyl (C=O) groups is 1. The van der Waals surface area contributed by atoms with E-state index in [1.54, 1.807) is 17.1 Å². The Morgan fingerprint density at radius 1 is 0.862 bits per heavy atom. The highest BCUT2D eigenvalue weighted by Gasteiger charge is 2.16. The maximum absolute atomic E-state index is 12.5. The lowest BCUT2D eigenvalue weighted by atomic mass is 10.0. The number of benzene rings is 2. The fourth-order valence-corrected chi connectivity index (χ4v) is 3.46. The van der Waals surface area contributed by atoms with Gasteiger partial charge in [0.1, 0.15) is 11.4 Å². The SMILES string of the molecule is C=CCN(CC=C)C(=O)CSc1nnc(-c2ccccc2)c(-c2ccccc2)n1. The third-order valence-electron chi connectivity index (χ3n) is 4.14. The van der Waals surface area contributed by atoms with Crippen molar-refractivity contribution >= 4 is 17.7 Å². The number of hydrogen-bond donors (Lipinski definition) is 0. The number of carbonyl (C=O) groups excluding carboxylic acids is 1. The van der Waals surface area contributed by atoms with Crippen LogP contribution < -0.4 is 0 Å². The van der Waals surface area contributed by atoms with Crippen molar-refractivity contribution in [1.29, 1.82) is 0 Å². The molecule has 29 heavy (non-hydrogen) atoms. The molecular weight excluding hydrogens is 380 g/mol. The first-order valence-electron chi connectivity index (χ1n) is 9.21. The second-order valence-electron chi connectivity index (χ2n) is 6.19. The van der Waals surface area contributed by atoms with Crippen LogP contribution in [-0.4, -0.2) is 44.8 Å². The largest absolute Gasteiger partial charge is 0.335 e. The average Bonchev–Trinajstić information content (AvgIpc) is 2.78. The second-order valence-corrected chi connectivity index (χ2v) is 7.13. The Balaban J connectivity index is 1.87. The summed E-state index contributed by atoms with van der Waals surface area (Å²) in [4.78, 5) is 18.9. The van der Waals surface area contributed by atoms with Crippen molar-refractivity contribution in [2.75, 3.05) is 18.8 Å². The van der Waals surface area contributed by atoms with Crippen LogP contribution in [0.25, 0.3) is 22.5 Å². The van der Waals surface area contributed by atoms with Crippen LogP contribution in [0.5, 0.6) is 0 Å². The molecule has 0 saturated carbocycles. The van der Waals surface area contributed by atoms with E-state index in [1.165, 1.54) is 11.8 Å². The average molecular weight is 403 g/mol. The van der Waals surface area contributed by atoms with E-state index in [4.69, 9.17) is 4.98 Å². The van der Waals surface area contributed by atoms with Crippen LogP contribution in [0.1, 0.15) is 0 Å². The molecule has 0 fully saturated rings. The molecule has 6 heteroatoms. The van der Waals surface area contributed by atoms with Gasteiger partial charge >= 0.3 is 0 Å². The Morgan fingerprint density at radius 3 is 1.97 bits per heavy atom. The Hall–Kier alpha value is -3.25. The third-order valence-corrected chi connectivity index (χ3v) is 4.96. The summed E-state index contributed by atoms with van der Waals surface area (Å²) >= 11 is 1.28. The van der Waals surface area contributed by atoms with Crippen molar-refractivity contribution in [1.82, 2.24) is 20.1 Å². The number of nitrogens with zero attached hydrogens (tertiary/aromatic N) is 4. The number of aromatic nitrogens is 3. The van der Waals surface area contributed by atoms with Crippen LogP contribution in [-0.2, 0) is 4.79 Å². The zero-order valence-electron chi connectivity index (χ0n) is 16.1. The van der Waals surface area contributed by atoms with Crippen LogP contribution in [0.2, 0.25) is 0 Å². The molecule has 0 unspecified atom stereocenters. The Morgan fingerprint density at radius 2 is 1.41 bits per heavy atom. The van der Waals surface area contributed by atoms with Crippen molar-refractivity contribution < 1.29 is 4.79 Å². The molecule has 3 rings (SSSR count). The highest BCUT2D eigenvalue weighted by molar-refractivity contribution is 7.99. The minimum absolute atomic E-state index is 0.0215. The molecule has 2 aromatic carbocycles. The monoisotopic (exact) mass is 402 g/mol. The fourth-order valence-electron chi connectivity index (χ4n) is 2.77. The Labute approximate surface area is 175 Å². The minimum atomic E-state index is -0.0215. The van der Waals surface area contributed by atoms with Gasteiger partial charge in [-0.15, -0.1) is 23.4 Å². The normalized spacial score (nSPS) is 10.3. The molecule has 0 aliphatic carbocycles. The zero-order chi connectivity index (χ0) is 20.5. The third kappa shape index (κ3) is 5.39. The molecule has 0 atom stereocenters. The molecule has 0 N–H and O–H groups in total. The summed E-state index contributed by atoms with van der Waals surface area (Å²) in [5, 5.41) is 9.15. The predicted molar refractivity (Wildman–Crippen MR) is 118 cm³/mol. The van der Waals surface area contributed by atoms with Crippen molar-refractivity contribution in [3.63, 3.8) is 0 Å². The first kappa shape index (κ1) is 20.5. The molecule has 0 radical (unpaired) electrons. The van der Waals surface area contributed by atoms with Crippen molar-refractivity contribution in [2.24, 2.45) is 0 Å². The lowest BCUT2D eigenvalue weighted by Crippen LogP contribution is -2.32. The van der Waals surface area contributed by atoms with Crippen LogP contribution in [0, 0.1) is 0 Å². The lowest BCUT2D eigenvalue weighted by molar-refractivity contribution is -0.127. The molecule has 1 amide bonds. The van der Waals surface area contributed by atoms with Gasteiger partial charge in [-0.1, -0.05) is 84.6 Å². The van der Waals surface area contributed by atoms with Crippen LogP contribution in [0.3, 0.4) is 0 Å². The van der Waals surface area contributed by atoms with E-state index < -0.39 is 0 Å². The molecule has 0 aliphatic rings. The van der Waals surface area contributed by atoms with Crippen molar-refractivity contribution in [3.05, 3.63) is 86.0 Å². The zero-order valence-corrected chi connectivity index (χ0v) is 16.9. The van der Waals surface area contributed by atoms with E-state index in [1.807, 2.05) is 60.7 Å². The highest BCUT2D eigenvalue weighted by Crippen LogP contribution is 2.29. The summed E-state index contributed by atoms with van der Waals surface area (Å²) in [7, 11) is 0. The van der Waals surface area contributed by atoms with E-state index in [2.05, 4.69) is 23.4 Å². The Bertz CT molecular complexity index is 967. The summed E-state index contributed by atoms with van der Waals surface area (Å²) in [5.41, 5.74) is 3.36. The maximum atomic E-state index is 12.5. The quantitative estimate of drug-likeness (QED) is 0.390. The minimum Gasteiger partial charge on any atom is -0.335 e. The molecule has 1 aromatic heterocycles. The summed E-state index contributed by atoms with van der Waals surface area (Å²) < 4.78 is 0. The topological polar surface area (TPSA) is 59.0 Å². The second kappa shape index (κ2) is 10.3. The van der Waals surface area contributed by atoms with Crippen LogP contribution in [0.4, 0.5) is 0 Å². The van der Waals surface area contributed by atoms with E-state index in [0.717, 1.165) is 16.8 Å². The Kier molecular flexibility index (Phi) is 7.30. The van der Waals surface area contributed by atoms with E-state index >= 15 is 0 Å². The van der Waals surface area contributed by atoms with E-state index in [0.29, 0.717) is 23.9 Å². The molecule has 0 aliphatic heterocycles. The lowest BCUT2D eigenvalue weighted by Gasteiger charge is -2.18. The summed E-state index contributed by atoms with van der Waals surface area (Å²) in [5.74, 6) is 0.203. The van der Waals surface area contributed by atoms with Gasteiger partial charge in [-0.2, -0.15) is 0 Å². The molecule has 0 saturated heterocycles. The number of rotatable bonds is 9. The first-order valence-corrected chi connectivity index (χ1v) is 10.2. The molecule has 5 nitrogen and oxygen atoms in total. The van der Waals surface area contributed by atoms with Gasteiger partial charge in [-0.05, 0) is 0 Å². The van der Waals surface area contributed by atoms with Gasteiger partial charge in [0, 0.05) is 24.2 Å². The molecule has 146 valence electrons. The van der Waals surface area contributed by atoms with E-state index in [9.17, 15) is 4.79 Å². The first-order chi connectivity index (χ1) is 14.2. The molecule has 1 heterocycles. The number of amides is 1. The summed E-state index contributed by atoms with van der Waals surface area (Å²) in [6.07, 6.45) is 3.40. The van der Waals surface area contributed by atoms with Gasteiger partial charge in [0.25, 0.3) is 0 Å². The van der Waals surface area contributed by atoms with Crippen LogP contribution >= 0.6 is 11.8 Å². The summed E-state index contributed by atoms with van der Waals surface area (Å²) in [6.45, 7) is 8.35. The number of hydrogen-bond acceptors (Lipinski definition) is 5. The van der Waals surface area contributed by atoms with Crippen molar-refractivity contribution in [2.45, 2.75) is 5.16 Å². The smallest absolute Gasteiger partial charge is 0.233 e. The molecular formula is C23H22N4OS. The van der Waals surface area contributed by atoms with Gasteiger partial charge in [-0.3, -0.25) is 4.79 Å².